The van der Waals surface area contributed by atoms with Crippen molar-refractivity contribution in [3.05, 3.63) is 101 Å². The van der Waals surface area contributed by atoms with Gasteiger partial charge < -0.3 is 9.67 Å². The molecule has 1 saturated heterocycles. The lowest BCUT2D eigenvalue weighted by atomic mass is 9.91. The lowest BCUT2D eigenvalue weighted by Crippen LogP contribution is -2.47. The van der Waals surface area contributed by atoms with E-state index >= 15 is 0 Å². The van der Waals surface area contributed by atoms with E-state index in [1.165, 1.54) is 22.7 Å². The first-order chi connectivity index (χ1) is 18.0. The molecule has 37 heavy (non-hydrogen) atoms. The molecule has 10 heteroatoms. The molecule has 0 spiro atoms. The Hall–Kier alpha value is -3.79. The van der Waals surface area contributed by atoms with Crippen LogP contribution in [0.25, 0.3) is 22.4 Å². The maximum absolute atomic E-state index is 13.2. The van der Waals surface area contributed by atoms with Gasteiger partial charge in [-0.15, -0.1) is 0 Å². The summed E-state index contributed by atoms with van der Waals surface area (Å²) < 4.78 is 5.09. The molecule has 0 aliphatic carbocycles. The summed E-state index contributed by atoms with van der Waals surface area (Å²) in [5.74, 6) is 0. The monoisotopic (exact) mass is 515 g/mol. The molecule has 0 unspecified atom stereocenters. The molecule has 5 aromatic rings. The van der Waals surface area contributed by atoms with E-state index in [4.69, 9.17) is 11.6 Å². The van der Waals surface area contributed by atoms with Crippen LogP contribution in [0.4, 0.5) is 0 Å². The Kier molecular flexibility index (Phi) is 6.11. The second kappa shape index (κ2) is 9.59. The molecule has 0 atom stereocenters. The lowest BCUT2D eigenvalue weighted by molar-refractivity contribution is -0.0364. The molecule has 4 heterocycles. The zero-order valence-electron chi connectivity index (χ0n) is 20.1. The minimum atomic E-state index is -0.965. The summed E-state index contributed by atoms with van der Waals surface area (Å²) in [6.07, 6.45) is 9.66. The van der Waals surface area contributed by atoms with E-state index < -0.39 is 5.60 Å². The van der Waals surface area contributed by atoms with Crippen molar-refractivity contribution < 1.29 is 5.11 Å². The number of benzene rings is 2. The second-order valence-corrected chi connectivity index (χ2v) is 10.0. The van der Waals surface area contributed by atoms with Gasteiger partial charge >= 0.3 is 0 Å². The van der Waals surface area contributed by atoms with Crippen LogP contribution in [-0.2, 0) is 13.1 Å². The molecule has 1 fully saturated rings. The maximum atomic E-state index is 13.2. The number of imidazole rings is 1. The molecule has 9 nitrogen and oxygen atoms in total. The van der Waals surface area contributed by atoms with E-state index in [-0.39, 0.29) is 12.1 Å². The van der Waals surface area contributed by atoms with Crippen molar-refractivity contribution >= 4 is 22.6 Å². The molecule has 1 aliphatic heterocycles. The van der Waals surface area contributed by atoms with Crippen LogP contribution in [0.1, 0.15) is 18.4 Å². The van der Waals surface area contributed by atoms with Crippen molar-refractivity contribution in [1.29, 1.82) is 0 Å². The molecule has 0 radical (unpaired) electrons. The average molecular weight is 516 g/mol. The van der Waals surface area contributed by atoms with Crippen LogP contribution in [-0.4, -0.2) is 57.6 Å². The number of aliphatic hydroxyl groups is 1. The first-order valence-corrected chi connectivity index (χ1v) is 12.6. The van der Waals surface area contributed by atoms with Gasteiger partial charge in [0.05, 0.1) is 30.4 Å². The van der Waals surface area contributed by atoms with Crippen LogP contribution in [0.3, 0.4) is 0 Å². The summed E-state index contributed by atoms with van der Waals surface area (Å²) in [5.41, 5.74) is 2.37. The zero-order chi connectivity index (χ0) is 25.4. The van der Waals surface area contributed by atoms with Gasteiger partial charge in [0.1, 0.15) is 11.7 Å². The Morgan fingerprint density at radius 2 is 1.70 bits per heavy atom. The maximum Gasteiger partial charge on any atom is 0.264 e. The predicted octanol–water partition coefficient (Wildman–Crippen LogP) is 3.45. The Labute approximate surface area is 218 Å². The molecule has 0 saturated carbocycles. The number of fused-ring (bicyclic) bond motifs is 1. The third kappa shape index (κ3) is 4.81. The van der Waals surface area contributed by atoms with Crippen LogP contribution in [0.5, 0.6) is 0 Å². The van der Waals surface area contributed by atoms with Crippen molar-refractivity contribution in [3.8, 4) is 11.4 Å². The van der Waals surface area contributed by atoms with Gasteiger partial charge in [0.15, 0.2) is 5.65 Å². The number of likely N-dealkylation sites (tertiary alicyclic amines) is 1. The van der Waals surface area contributed by atoms with Gasteiger partial charge in [-0.2, -0.15) is 5.10 Å². The highest BCUT2D eigenvalue weighted by molar-refractivity contribution is 6.30. The van der Waals surface area contributed by atoms with E-state index in [0.29, 0.717) is 28.9 Å². The molecule has 3 aromatic heterocycles. The van der Waals surface area contributed by atoms with Crippen molar-refractivity contribution in [2.45, 2.75) is 31.5 Å². The average Bonchev–Trinajstić information content (AvgIpc) is 3.59. The Morgan fingerprint density at radius 1 is 0.973 bits per heavy atom. The largest absolute Gasteiger partial charge is 0.388 e. The van der Waals surface area contributed by atoms with Gasteiger partial charge in [0, 0.05) is 42.7 Å². The summed E-state index contributed by atoms with van der Waals surface area (Å²) in [4.78, 5) is 24.1. The Balaban J connectivity index is 1.11. The molecular formula is C27H26ClN7O2. The predicted molar refractivity (Wildman–Crippen MR) is 141 cm³/mol. The van der Waals surface area contributed by atoms with Crippen LogP contribution < -0.4 is 5.56 Å². The van der Waals surface area contributed by atoms with Crippen LogP contribution in [0.2, 0.25) is 5.02 Å². The molecule has 2 aromatic carbocycles. The fourth-order valence-electron chi connectivity index (χ4n) is 4.88. The van der Waals surface area contributed by atoms with Gasteiger partial charge in [0.2, 0.25) is 0 Å². The van der Waals surface area contributed by atoms with E-state index in [0.717, 1.165) is 31.0 Å². The molecule has 1 N–H and O–H groups in total. The molecule has 0 bridgehead atoms. The summed E-state index contributed by atoms with van der Waals surface area (Å²) in [7, 11) is 0. The fraction of sp³-hybridized carbons (Fsp3) is 0.259. The molecule has 1 aliphatic rings. The summed E-state index contributed by atoms with van der Waals surface area (Å²) in [6.45, 7) is 2.52. The molecule has 6 rings (SSSR count). The van der Waals surface area contributed by atoms with Crippen LogP contribution >= 0.6 is 11.6 Å². The van der Waals surface area contributed by atoms with Crippen molar-refractivity contribution in [2.75, 3.05) is 13.1 Å². The van der Waals surface area contributed by atoms with Gasteiger partial charge in [-0.05, 0) is 54.8 Å². The molecular weight excluding hydrogens is 490 g/mol. The molecule has 0 amide bonds. The van der Waals surface area contributed by atoms with Gasteiger partial charge in [-0.1, -0.05) is 23.7 Å². The highest BCUT2D eigenvalue weighted by Crippen LogP contribution is 2.25. The quantitative estimate of drug-likeness (QED) is 0.372. The highest BCUT2D eigenvalue weighted by Gasteiger charge is 2.33. The van der Waals surface area contributed by atoms with E-state index in [1.54, 1.807) is 29.3 Å². The second-order valence-electron chi connectivity index (χ2n) is 9.58. The van der Waals surface area contributed by atoms with Crippen molar-refractivity contribution in [3.63, 3.8) is 0 Å². The van der Waals surface area contributed by atoms with Gasteiger partial charge in [-0.25, -0.2) is 14.6 Å². The number of aromatic nitrogens is 6. The summed E-state index contributed by atoms with van der Waals surface area (Å²) in [5, 5.41) is 16.7. The SMILES string of the molecule is O=c1c2cnn(-c3ccc(Cl)cc3)c2ncn1CC1(O)CCN(Cc2ccc(-n3ccnc3)cc2)CC1. The highest BCUT2D eigenvalue weighted by atomic mass is 35.5. The number of nitrogens with zero attached hydrogens (tertiary/aromatic N) is 7. The van der Waals surface area contributed by atoms with Crippen LogP contribution in [0, 0.1) is 0 Å². The summed E-state index contributed by atoms with van der Waals surface area (Å²) in [6, 6.07) is 15.6. The minimum absolute atomic E-state index is 0.203. The number of piperidine rings is 1. The molecule has 188 valence electrons. The van der Waals surface area contributed by atoms with Crippen molar-refractivity contribution in [2.24, 2.45) is 0 Å². The smallest absolute Gasteiger partial charge is 0.264 e. The number of hydrogen-bond acceptors (Lipinski definition) is 6. The first-order valence-electron chi connectivity index (χ1n) is 12.2. The fourth-order valence-corrected chi connectivity index (χ4v) is 5.00. The van der Waals surface area contributed by atoms with E-state index in [2.05, 4.69) is 44.2 Å². The van der Waals surface area contributed by atoms with Gasteiger partial charge in [0.25, 0.3) is 5.56 Å². The van der Waals surface area contributed by atoms with Gasteiger partial charge in [-0.3, -0.25) is 14.3 Å². The Bertz CT molecular complexity index is 1570. The first kappa shape index (κ1) is 23.6. The third-order valence-corrected chi connectivity index (χ3v) is 7.27. The van der Waals surface area contributed by atoms with Crippen LogP contribution in [0.15, 0.2) is 84.6 Å². The zero-order valence-corrected chi connectivity index (χ0v) is 20.9. The van der Waals surface area contributed by atoms with Crippen molar-refractivity contribution in [1.82, 2.24) is 33.8 Å². The Morgan fingerprint density at radius 3 is 2.41 bits per heavy atom. The summed E-state index contributed by atoms with van der Waals surface area (Å²) >= 11 is 5.99. The minimum Gasteiger partial charge on any atom is -0.388 e. The number of hydrogen-bond donors (Lipinski definition) is 1. The van der Waals surface area contributed by atoms with E-state index in [9.17, 15) is 9.90 Å². The van der Waals surface area contributed by atoms with E-state index in [1.807, 2.05) is 22.9 Å². The standard InChI is InChI=1S/C27H26ClN7O2/c28-21-3-7-23(8-4-21)35-25-24(15-31-35)26(36)34(19-30-25)17-27(37)9-12-32(13-10-27)16-20-1-5-22(6-2-20)33-14-11-29-18-33/h1-8,11,14-15,18-19,37H,9-10,12-13,16-17H2. The number of rotatable bonds is 6. The number of halogens is 1. The lowest BCUT2D eigenvalue weighted by Gasteiger charge is -2.38. The topological polar surface area (TPSA) is 94.0 Å². The third-order valence-electron chi connectivity index (χ3n) is 7.02. The normalized spacial score (nSPS) is 15.8.